The van der Waals surface area contributed by atoms with Crippen LogP contribution in [0.15, 0.2) is 97.1 Å². The number of ketones is 1. The van der Waals surface area contributed by atoms with Gasteiger partial charge in [-0.1, -0.05) is 54.6 Å². The zero-order valence-electron chi connectivity index (χ0n) is 30.8. The molecule has 0 saturated heterocycles. The Bertz CT molecular complexity index is 1860. The molecule has 4 aromatic rings. The van der Waals surface area contributed by atoms with Crippen LogP contribution in [0.1, 0.15) is 82.9 Å². The zero-order valence-corrected chi connectivity index (χ0v) is 30.8. The van der Waals surface area contributed by atoms with Gasteiger partial charge in [-0.2, -0.15) is 0 Å². The summed E-state index contributed by atoms with van der Waals surface area (Å²) in [6, 6.07) is 21.9. The number of benzene rings is 4. The number of Topliss-reactive ketones (excluding diaryl/α,β-unsaturated/α-hetero) is 1. The summed E-state index contributed by atoms with van der Waals surface area (Å²) in [5, 5.41) is 9.48. The van der Waals surface area contributed by atoms with Gasteiger partial charge in [0.05, 0.1) is 60.3 Å². The van der Waals surface area contributed by atoms with Crippen molar-refractivity contribution in [3.63, 3.8) is 0 Å². The first-order valence-electron chi connectivity index (χ1n) is 16.8. The highest BCUT2D eigenvalue weighted by Gasteiger charge is 2.40. The van der Waals surface area contributed by atoms with Crippen LogP contribution < -0.4 is 0 Å². The molecular weight excluding hydrogens is 748 g/mol. The Kier molecular flexibility index (Phi) is 14.9. The third kappa shape index (κ3) is 10.5. The minimum Gasteiger partial charge on any atom is -0.465 e. The Morgan fingerprint density at radius 1 is 0.386 bits per heavy atom. The van der Waals surface area contributed by atoms with Gasteiger partial charge in [0, 0.05) is 5.56 Å². The Morgan fingerprint density at radius 2 is 0.596 bits per heavy atom. The molecule has 0 unspecified atom stereocenters. The average molecular weight is 785 g/mol. The van der Waals surface area contributed by atoms with Crippen LogP contribution in [0.3, 0.4) is 0 Å². The van der Waals surface area contributed by atoms with E-state index in [1.807, 2.05) is 0 Å². The third-order valence-electron chi connectivity index (χ3n) is 8.29. The lowest BCUT2D eigenvalue weighted by Crippen LogP contribution is -2.44. The molecule has 4 aromatic carbocycles. The van der Waals surface area contributed by atoms with Crippen LogP contribution in [-0.2, 0) is 33.2 Å². The quantitative estimate of drug-likeness (QED) is 0.0910. The topological polar surface area (TPSA) is 221 Å². The monoisotopic (exact) mass is 784 g/mol. The van der Waals surface area contributed by atoms with Crippen molar-refractivity contribution in [2.75, 3.05) is 54.4 Å². The van der Waals surface area contributed by atoms with E-state index in [0.29, 0.717) is 0 Å². The summed E-state index contributed by atoms with van der Waals surface area (Å²) >= 11 is 0. The number of carbonyl (C=O) groups excluding carboxylic acids is 8. The van der Waals surface area contributed by atoms with Gasteiger partial charge >= 0.3 is 41.8 Å². The zero-order chi connectivity index (χ0) is 41.5. The van der Waals surface area contributed by atoms with Crippen LogP contribution in [0.4, 0.5) is 0 Å². The second-order valence-corrected chi connectivity index (χ2v) is 12.0. The van der Waals surface area contributed by atoms with Crippen molar-refractivity contribution >= 4 is 47.6 Å². The molecule has 0 bridgehead atoms. The minimum atomic E-state index is -1.98. The van der Waals surface area contributed by atoms with Gasteiger partial charge in [0.15, 0.2) is 5.78 Å². The van der Waals surface area contributed by atoms with E-state index in [1.165, 1.54) is 97.1 Å². The Balaban J connectivity index is 1.78. The summed E-state index contributed by atoms with van der Waals surface area (Å²) in [6.45, 7) is -4.25. The number of hydrogen-bond acceptors (Lipinski definition) is 16. The fraction of sp³-hybridized carbons (Fsp3) is 0.220. The van der Waals surface area contributed by atoms with E-state index in [0.717, 1.165) is 21.3 Å². The van der Waals surface area contributed by atoms with Gasteiger partial charge in [0.25, 0.3) is 0 Å². The SMILES string of the molecule is COC(=O)c1ccccc1C(=O)OCC(COC(=O)c1ccccc1C(=O)CO)(COC(=O)c1ccccc1C(=O)OC)COC(=O)c1ccccc1C(=O)OC. The van der Waals surface area contributed by atoms with Gasteiger partial charge in [-0.3, -0.25) is 4.79 Å². The number of hydrogen-bond donors (Lipinski definition) is 1. The normalized spacial score (nSPS) is 10.7. The van der Waals surface area contributed by atoms with Crippen LogP contribution in [-0.4, -0.2) is 107 Å². The molecule has 0 fully saturated rings. The molecule has 0 aliphatic rings. The van der Waals surface area contributed by atoms with E-state index >= 15 is 0 Å². The molecule has 0 saturated carbocycles. The molecule has 0 heterocycles. The van der Waals surface area contributed by atoms with Crippen molar-refractivity contribution in [3.8, 4) is 0 Å². The molecule has 0 aliphatic carbocycles. The number of aliphatic hydroxyl groups is 1. The highest BCUT2D eigenvalue weighted by molar-refractivity contribution is 6.07. The molecule has 0 radical (unpaired) electrons. The summed E-state index contributed by atoms with van der Waals surface area (Å²) in [5.74, 6) is -7.77. The maximum absolute atomic E-state index is 13.6. The summed E-state index contributed by atoms with van der Waals surface area (Å²) in [5.41, 5.74) is -3.62. The van der Waals surface area contributed by atoms with E-state index in [1.54, 1.807) is 0 Å². The summed E-state index contributed by atoms with van der Waals surface area (Å²) in [7, 11) is 3.32. The number of aliphatic hydroxyl groups excluding tert-OH is 1. The Labute approximate surface area is 325 Å². The molecule has 0 aliphatic heterocycles. The predicted molar refractivity (Wildman–Crippen MR) is 195 cm³/mol. The van der Waals surface area contributed by atoms with Crippen LogP contribution in [0, 0.1) is 5.41 Å². The number of methoxy groups -OCH3 is 3. The van der Waals surface area contributed by atoms with Crippen LogP contribution >= 0.6 is 0 Å². The van der Waals surface area contributed by atoms with Gasteiger partial charge < -0.3 is 38.3 Å². The minimum absolute atomic E-state index is 0.163. The lowest BCUT2D eigenvalue weighted by Gasteiger charge is -2.32. The first-order valence-corrected chi connectivity index (χ1v) is 16.8. The molecule has 0 amide bonds. The van der Waals surface area contributed by atoms with Crippen LogP contribution in [0.25, 0.3) is 0 Å². The van der Waals surface area contributed by atoms with E-state index < -0.39 is 86.0 Å². The summed E-state index contributed by atoms with van der Waals surface area (Å²) < 4.78 is 36.8. The van der Waals surface area contributed by atoms with Crippen molar-refractivity contribution in [2.24, 2.45) is 5.41 Å². The van der Waals surface area contributed by atoms with E-state index in [4.69, 9.17) is 33.2 Å². The van der Waals surface area contributed by atoms with E-state index in [-0.39, 0.29) is 44.5 Å². The second kappa shape index (κ2) is 19.9. The average Bonchev–Trinajstić information content (AvgIpc) is 3.26. The van der Waals surface area contributed by atoms with Gasteiger partial charge in [-0.25, -0.2) is 33.6 Å². The van der Waals surface area contributed by atoms with Crippen LogP contribution in [0.5, 0.6) is 0 Å². The highest BCUT2D eigenvalue weighted by Crippen LogP contribution is 2.26. The van der Waals surface area contributed by atoms with E-state index in [9.17, 15) is 43.5 Å². The smallest absolute Gasteiger partial charge is 0.339 e. The maximum Gasteiger partial charge on any atom is 0.339 e. The second-order valence-electron chi connectivity index (χ2n) is 12.0. The first-order chi connectivity index (χ1) is 27.4. The largest absolute Gasteiger partial charge is 0.465 e. The van der Waals surface area contributed by atoms with Crippen molar-refractivity contribution in [2.45, 2.75) is 0 Å². The molecule has 0 spiro atoms. The fourth-order valence-corrected chi connectivity index (χ4v) is 5.27. The third-order valence-corrected chi connectivity index (χ3v) is 8.29. The number of rotatable bonds is 17. The highest BCUT2D eigenvalue weighted by atomic mass is 16.6. The number of ether oxygens (including phenoxy) is 7. The predicted octanol–water partition coefficient (Wildman–Crippen LogP) is 3.94. The maximum atomic E-state index is 13.6. The van der Waals surface area contributed by atoms with Crippen molar-refractivity contribution in [1.82, 2.24) is 0 Å². The molecular formula is C41H36O16. The summed E-state index contributed by atoms with van der Waals surface area (Å²) in [6.07, 6.45) is 0. The standard InChI is InChI=1S/C41H36O16/c1-51-34(44)27-14-6-9-17-30(27)38(48)55-22-41(21-54-37(47)26-13-5-4-12-25(26)33(43)20-42,23-56-39(49)31-18-10-7-15-28(31)35(45)52-2)24-57-40(50)32-19-11-8-16-29(32)36(46)53-3/h4-19,42H,20-24H2,1-3H3. The van der Waals surface area contributed by atoms with Crippen molar-refractivity contribution in [1.29, 1.82) is 0 Å². The molecule has 16 heteroatoms. The van der Waals surface area contributed by atoms with Crippen molar-refractivity contribution in [3.05, 3.63) is 142 Å². The molecule has 1 N–H and O–H groups in total. The van der Waals surface area contributed by atoms with Gasteiger partial charge in [0.2, 0.25) is 0 Å². The molecule has 0 aromatic heterocycles. The molecule has 296 valence electrons. The lowest BCUT2D eigenvalue weighted by atomic mass is 9.91. The lowest BCUT2D eigenvalue weighted by molar-refractivity contribution is -0.0643. The van der Waals surface area contributed by atoms with Gasteiger partial charge in [-0.15, -0.1) is 0 Å². The molecule has 57 heavy (non-hydrogen) atoms. The van der Waals surface area contributed by atoms with Gasteiger partial charge in [0.1, 0.15) is 38.4 Å². The Morgan fingerprint density at radius 3 is 0.825 bits per heavy atom. The number of esters is 7. The molecule has 16 nitrogen and oxygen atoms in total. The van der Waals surface area contributed by atoms with Crippen LogP contribution in [0.2, 0.25) is 0 Å². The first kappa shape index (κ1) is 42.5. The number of carbonyl (C=O) groups is 8. The molecule has 4 rings (SSSR count). The molecule has 0 atom stereocenters. The Hall–Kier alpha value is -7.20. The van der Waals surface area contributed by atoms with Gasteiger partial charge in [-0.05, 0) is 42.5 Å². The van der Waals surface area contributed by atoms with E-state index in [2.05, 4.69) is 0 Å². The summed E-state index contributed by atoms with van der Waals surface area (Å²) in [4.78, 5) is 104. The van der Waals surface area contributed by atoms with Crippen molar-refractivity contribution < 1.29 is 76.6 Å². The fourth-order valence-electron chi connectivity index (χ4n) is 5.27.